The fourth-order valence-electron chi connectivity index (χ4n) is 4.33. The molecular weight excluding hydrogens is 228 g/mol. The van der Waals surface area contributed by atoms with Crippen molar-refractivity contribution >= 4 is 0 Å². The Balaban J connectivity index is 1.83. The van der Waals surface area contributed by atoms with Crippen LogP contribution in [-0.4, -0.2) is 34.1 Å². The minimum Gasteiger partial charge on any atom is -0.390 e. The summed E-state index contributed by atoms with van der Waals surface area (Å²) in [4.78, 5) is 0. The molecule has 3 aliphatic rings. The molecule has 3 fully saturated rings. The van der Waals surface area contributed by atoms with Gasteiger partial charge in [0.2, 0.25) is 0 Å². The number of fused-ring (bicyclic) bond motifs is 2. The quantitative estimate of drug-likeness (QED) is 0.651. The van der Waals surface area contributed by atoms with Crippen LogP contribution >= 0.6 is 0 Å². The van der Waals surface area contributed by atoms with Gasteiger partial charge in [0, 0.05) is 0 Å². The molecule has 3 heteroatoms. The molecule has 1 saturated heterocycles. The topological polar surface area (TPSA) is 53.0 Å². The van der Waals surface area contributed by atoms with Gasteiger partial charge in [0.25, 0.3) is 0 Å². The van der Waals surface area contributed by atoms with E-state index in [-0.39, 0.29) is 5.60 Å². The van der Waals surface area contributed by atoms with Crippen LogP contribution in [0.15, 0.2) is 0 Å². The Bertz CT molecular complexity index is 344. The van der Waals surface area contributed by atoms with Crippen LogP contribution < -0.4 is 0 Å². The number of aliphatic hydroxyl groups excluding tert-OH is 1. The molecule has 1 heterocycles. The molecule has 0 aromatic rings. The summed E-state index contributed by atoms with van der Waals surface area (Å²) in [6, 6.07) is 0. The van der Waals surface area contributed by atoms with Crippen molar-refractivity contribution in [2.75, 3.05) is 6.61 Å². The smallest absolute Gasteiger partial charge is 0.0948 e. The van der Waals surface area contributed by atoms with E-state index in [1.54, 1.807) is 6.92 Å². The van der Waals surface area contributed by atoms with Crippen LogP contribution in [-0.2, 0) is 4.74 Å². The van der Waals surface area contributed by atoms with Gasteiger partial charge in [-0.25, -0.2) is 0 Å². The maximum Gasteiger partial charge on any atom is 0.0948 e. The zero-order chi connectivity index (χ0) is 13.2. The van der Waals surface area contributed by atoms with Crippen LogP contribution in [0.1, 0.15) is 52.9 Å². The minimum atomic E-state index is -0.934. The lowest BCUT2D eigenvalue weighted by Crippen LogP contribution is -2.51. The number of ether oxygens (including phenoxy) is 1. The molecule has 18 heavy (non-hydrogen) atoms. The molecule has 1 spiro atoms. The van der Waals surface area contributed by atoms with E-state index in [2.05, 4.69) is 13.8 Å². The first kappa shape index (κ1) is 12.9. The molecule has 5 atom stereocenters. The highest BCUT2D eigenvalue weighted by Gasteiger charge is 2.63. The largest absolute Gasteiger partial charge is 0.390 e. The van der Waals surface area contributed by atoms with Gasteiger partial charge in [0.1, 0.15) is 0 Å². The third kappa shape index (κ3) is 1.83. The highest BCUT2D eigenvalue weighted by Crippen LogP contribution is 2.62. The van der Waals surface area contributed by atoms with Gasteiger partial charge in [0.05, 0.1) is 23.9 Å². The summed E-state index contributed by atoms with van der Waals surface area (Å²) in [7, 11) is 0. The van der Waals surface area contributed by atoms with Crippen molar-refractivity contribution in [1.82, 2.24) is 0 Å². The summed E-state index contributed by atoms with van der Waals surface area (Å²) in [5.41, 5.74) is -0.521. The molecule has 0 unspecified atom stereocenters. The first-order chi connectivity index (χ1) is 8.27. The van der Waals surface area contributed by atoms with Crippen molar-refractivity contribution in [2.24, 2.45) is 17.3 Å². The van der Waals surface area contributed by atoms with Crippen molar-refractivity contribution in [2.45, 2.75) is 70.2 Å². The zero-order valence-electron chi connectivity index (χ0n) is 11.8. The molecule has 0 aromatic heterocycles. The number of rotatable bonds is 0. The van der Waals surface area contributed by atoms with Gasteiger partial charge in [0.15, 0.2) is 0 Å². The lowest BCUT2D eigenvalue weighted by Gasteiger charge is -2.54. The van der Waals surface area contributed by atoms with E-state index < -0.39 is 11.7 Å². The molecule has 2 aliphatic carbocycles. The highest BCUT2D eigenvalue weighted by molar-refractivity contribution is 5.11. The van der Waals surface area contributed by atoms with Crippen LogP contribution in [0.25, 0.3) is 0 Å². The van der Waals surface area contributed by atoms with Gasteiger partial charge in [-0.15, -0.1) is 0 Å². The van der Waals surface area contributed by atoms with Crippen molar-refractivity contribution < 1.29 is 14.9 Å². The van der Waals surface area contributed by atoms with E-state index in [1.165, 1.54) is 6.42 Å². The molecule has 0 aromatic carbocycles. The average molecular weight is 254 g/mol. The summed E-state index contributed by atoms with van der Waals surface area (Å²) < 4.78 is 5.78. The second-order valence-electron chi connectivity index (χ2n) is 7.71. The Morgan fingerprint density at radius 3 is 2.28 bits per heavy atom. The molecule has 104 valence electrons. The van der Waals surface area contributed by atoms with Crippen LogP contribution in [0.2, 0.25) is 0 Å². The Kier molecular flexibility index (Phi) is 2.66. The van der Waals surface area contributed by atoms with E-state index in [0.29, 0.717) is 30.1 Å². The van der Waals surface area contributed by atoms with Gasteiger partial charge in [-0.3, -0.25) is 0 Å². The minimum absolute atomic E-state index is 0.0432. The second kappa shape index (κ2) is 3.71. The second-order valence-corrected chi connectivity index (χ2v) is 7.71. The lowest BCUT2D eigenvalue weighted by atomic mass is 9.50. The maximum absolute atomic E-state index is 10.4. The highest BCUT2D eigenvalue weighted by atomic mass is 16.6. The van der Waals surface area contributed by atoms with Gasteiger partial charge >= 0.3 is 0 Å². The third-order valence-corrected chi connectivity index (χ3v) is 5.95. The van der Waals surface area contributed by atoms with Crippen LogP contribution in [0.5, 0.6) is 0 Å². The summed E-state index contributed by atoms with van der Waals surface area (Å²) >= 11 is 0. The van der Waals surface area contributed by atoms with Gasteiger partial charge in [-0.1, -0.05) is 13.8 Å². The molecule has 2 saturated carbocycles. The van der Waals surface area contributed by atoms with Gasteiger partial charge in [-0.05, 0) is 56.3 Å². The predicted molar refractivity (Wildman–Crippen MR) is 69.2 cm³/mol. The molecule has 3 rings (SSSR count). The molecule has 2 N–H and O–H groups in total. The fourth-order valence-corrected chi connectivity index (χ4v) is 4.33. The predicted octanol–water partition coefficient (Wildman–Crippen LogP) is 2.10. The Morgan fingerprint density at radius 1 is 1.06 bits per heavy atom. The summed E-state index contributed by atoms with van der Waals surface area (Å²) in [6.45, 7) is 7.30. The lowest BCUT2D eigenvalue weighted by molar-refractivity contribution is -0.0853. The first-order valence-corrected chi connectivity index (χ1v) is 7.31. The summed E-state index contributed by atoms with van der Waals surface area (Å²) in [6.07, 6.45) is 3.90. The van der Waals surface area contributed by atoms with E-state index in [0.717, 1.165) is 19.4 Å². The van der Waals surface area contributed by atoms with Crippen LogP contribution in [0, 0.1) is 17.3 Å². The number of hydrogen-bond acceptors (Lipinski definition) is 3. The van der Waals surface area contributed by atoms with Crippen molar-refractivity contribution in [3.63, 3.8) is 0 Å². The third-order valence-electron chi connectivity index (χ3n) is 5.95. The Labute approximate surface area is 110 Å². The number of aliphatic hydroxyl groups is 2. The molecule has 0 bridgehead atoms. The number of hydrogen-bond donors (Lipinski definition) is 2. The van der Waals surface area contributed by atoms with E-state index in [9.17, 15) is 10.2 Å². The zero-order valence-corrected chi connectivity index (χ0v) is 11.8. The normalized spacial score (nSPS) is 54.8. The monoisotopic (exact) mass is 254 g/mol. The van der Waals surface area contributed by atoms with Gasteiger partial charge < -0.3 is 14.9 Å². The number of epoxide rings is 1. The molecule has 0 amide bonds. The standard InChI is InChI=1S/C15H26O3/c1-13(2)8-11-10(13)4-6-14(3,17)12(16)5-7-15(11)9-18-15/h10-12,16-17H,4-9H2,1-3H3/t10-,11+,12-,14+,15-/m1/s1. The van der Waals surface area contributed by atoms with Crippen molar-refractivity contribution in [3.05, 3.63) is 0 Å². The maximum atomic E-state index is 10.4. The van der Waals surface area contributed by atoms with Crippen LogP contribution in [0.4, 0.5) is 0 Å². The fraction of sp³-hybridized carbons (Fsp3) is 1.00. The SMILES string of the molecule is CC1(C)C[C@H]2[C@H]1CC[C@](C)(O)[C@H](O)CC[C@@]21CO1. The molecule has 0 radical (unpaired) electrons. The average Bonchev–Trinajstić information content (AvgIpc) is 3.02. The van der Waals surface area contributed by atoms with Gasteiger partial charge in [-0.2, -0.15) is 0 Å². The van der Waals surface area contributed by atoms with E-state index in [1.807, 2.05) is 0 Å². The Morgan fingerprint density at radius 2 is 1.72 bits per heavy atom. The van der Waals surface area contributed by atoms with Crippen molar-refractivity contribution in [1.29, 1.82) is 0 Å². The van der Waals surface area contributed by atoms with Crippen molar-refractivity contribution in [3.8, 4) is 0 Å². The molecule has 3 nitrogen and oxygen atoms in total. The summed E-state index contributed by atoms with van der Waals surface area (Å²) in [5, 5.41) is 20.5. The van der Waals surface area contributed by atoms with E-state index in [4.69, 9.17) is 4.74 Å². The van der Waals surface area contributed by atoms with Crippen LogP contribution in [0.3, 0.4) is 0 Å². The van der Waals surface area contributed by atoms with E-state index >= 15 is 0 Å². The Hall–Kier alpha value is -0.120. The molecular formula is C15H26O3. The first-order valence-electron chi connectivity index (χ1n) is 7.31. The summed E-state index contributed by atoms with van der Waals surface area (Å²) in [5.74, 6) is 1.28. The molecule has 1 aliphatic heterocycles.